The molecule has 0 radical (unpaired) electrons. The molecule has 28 heavy (non-hydrogen) atoms. The summed E-state index contributed by atoms with van der Waals surface area (Å²) in [4.78, 5) is 7.03. The zero-order valence-electron chi connectivity index (χ0n) is 15.3. The summed E-state index contributed by atoms with van der Waals surface area (Å²) in [5.41, 5.74) is 1.67. The lowest BCUT2D eigenvalue weighted by Gasteiger charge is -2.31. The van der Waals surface area contributed by atoms with E-state index in [0.29, 0.717) is 23.0 Å². The molecule has 4 rings (SSSR count). The number of piperidine rings is 1. The van der Waals surface area contributed by atoms with Crippen LogP contribution in [0.5, 0.6) is 0 Å². The molecule has 8 heteroatoms. The number of fused-ring (bicyclic) bond motifs is 1. The molecule has 5 nitrogen and oxygen atoms in total. The van der Waals surface area contributed by atoms with Crippen molar-refractivity contribution in [1.82, 2.24) is 9.71 Å². The molecule has 1 fully saturated rings. The standard InChI is InChI=1S/C20H22ClN3O2S2/c21-17-6-2-1-5-16(17)14-28(25,26)22-13-15-9-11-24(12-10-15)20-23-18-7-3-4-8-19(18)27-20/h1-8,15,22H,9-14H2. The first-order chi connectivity index (χ1) is 13.5. The van der Waals surface area contributed by atoms with Gasteiger partial charge in [0.15, 0.2) is 5.13 Å². The third-order valence-corrected chi connectivity index (χ3v) is 7.83. The maximum atomic E-state index is 12.4. The summed E-state index contributed by atoms with van der Waals surface area (Å²) in [6.07, 6.45) is 1.90. The van der Waals surface area contributed by atoms with Crippen LogP contribution in [0.2, 0.25) is 5.02 Å². The minimum Gasteiger partial charge on any atom is -0.348 e. The molecular weight excluding hydrogens is 414 g/mol. The maximum absolute atomic E-state index is 12.4. The Morgan fingerprint density at radius 3 is 2.57 bits per heavy atom. The normalized spacial score (nSPS) is 16.0. The van der Waals surface area contributed by atoms with Crippen LogP contribution in [0.15, 0.2) is 48.5 Å². The van der Waals surface area contributed by atoms with Crippen molar-refractivity contribution < 1.29 is 8.42 Å². The van der Waals surface area contributed by atoms with E-state index >= 15 is 0 Å². The van der Waals surface area contributed by atoms with Gasteiger partial charge in [0.2, 0.25) is 10.0 Å². The van der Waals surface area contributed by atoms with E-state index in [1.807, 2.05) is 18.2 Å². The Morgan fingerprint density at radius 2 is 1.82 bits per heavy atom. The lowest BCUT2D eigenvalue weighted by Crippen LogP contribution is -2.38. The number of nitrogens with zero attached hydrogens (tertiary/aromatic N) is 2. The fraction of sp³-hybridized carbons (Fsp3) is 0.350. The summed E-state index contributed by atoms with van der Waals surface area (Å²) in [7, 11) is -3.40. The highest BCUT2D eigenvalue weighted by Gasteiger charge is 2.23. The van der Waals surface area contributed by atoms with E-state index < -0.39 is 10.0 Å². The lowest BCUT2D eigenvalue weighted by molar-refractivity contribution is 0.402. The summed E-state index contributed by atoms with van der Waals surface area (Å²) in [5, 5.41) is 1.54. The molecule has 0 atom stereocenters. The van der Waals surface area contributed by atoms with Crippen molar-refractivity contribution in [2.24, 2.45) is 5.92 Å². The molecule has 1 aliphatic rings. The predicted molar refractivity (Wildman–Crippen MR) is 117 cm³/mol. The number of benzene rings is 2. The van der Waals surface area contributed by atoms with Crippen LogP contribution in [0.4, 0.5) is 5.13 Å². The van der Waals surface area contributed by atoms with Gasteiger partial charge >= 0.3 is 0 Å². The number of halogens is 1. The molecule has 2 heterocycles. The molecule has 1 N–H and O–H groups in total. The molecule has 0 saturated carbocycles. The van der Waals surface area contributed by atoms with Crippen molar-refractivity contribution in [2.75, 3.05) is 24.5 Å². The molecule has 0 bridgehead atoms. The Labute approximate surface area is 174 Å². The Balaban J connectivity index is 1.30. The van der Waals surface area contributed by atoms with E-state index in [4.69, 9.17) is 16.6 Å². The second-order valence-corrected chi connectivity index (χ2v) is 10.3. The number of nitrogens with one attached hydrogen (secondary N) is 1. The Morgan fingerprint density at radius 1 is 1.11 bits per heavy atom. The van der Waals surface area contributed by atoms with Crippen LogP contribution in [0, 0.1) is 5.92 Å². The van der Waals surface area contributed by atoms with Gasteiger partial charge in [-0.15, -0.1) is 0 Å². The quantitative estimate of drug-likeness (QED) is 0.627. The van der Waals surface area contributed by atoms with Crippen molar-refractivity contribution in [3.63, 3.8) is 0 Å². The zero-order chi connectivity index (χ0) is 19.6. The van der Waals surface area contributed by atoms with Crippen molar-refractivity contribution in [3.05, 3.63) is 59.1 Å². The molecule has 1 aromatic heterocycles. The first kappa shape index (κ1) is 19.6. The Hall–Kier alpha value is -1.67. The molecule has 1 saturated heterocycles. The highest BCUT2D eigenvalue weighted by atomic mass is 35.5. The molecule has 3 aromatic rings. The number of rotatable bonds is 6. The van der Waals surface area contributed by atoms with Crippen LogP contribution in [-0.2, 0) is 15.8 Å². The average Bonchev–Trinajstić information content (AvgIpc) is 3.13. The summed E-state index contributed by atoms with van der Waals surface area (Å²) >= 11 is 7.80. The van der Waals surface area contributed by atoms with Gasteiger partial charge in [0.1, 0.15) is 0 Å². The summed E-state index contributed by atoms with van der Waals surface area (Å²) in [6.45, 7) is 2.27. The molecule has 148 valence electrons. The van der Waals surface area contributed by atoms with E-state index in [2.05, 4.69) is 15.7 Å². The van der Waals surface area contributed by atoms with Gasteiger partial charge in [0, 0.05) is 24.7 Å². The fourth-order valence-electron chi connectivity index (χ4n) is 3.44. The lowest BCUT2D eigenvalue weighted by atomic mass is 9.97. The van der Waals surface area contributed by atoms with E-state index in [9.17, 15) is 8.42 Å². The van der Waals surface area contributed by atoms with Crippen LogP contribution in [-0.4, -0.2) is 33.0 Å². The van der Waals surface area contributed by atoms with Gasteiger partial charge in [-0.05, 0) is 42.5 Å². The van der Waals surface area contributed by atoms with Crippen LogP contribution in [0.3, 0.4) is 0 Å². The van der Waals surface area contributed by atoms with E-state index in [0.717, 1.165) is 36.6 Å². The number of para-hydroxylation sites is 1. The van der Waals surface area contributed by atoms with Gasteiger partial charge in [0.05, 0.1) is 16.0 Å². The van der Waals surface area contributed by atoms with Gasteiger partial charge in [-0.1, -0.05) is 53.3 Å². The minimum absolute atomic E-state index is 0.0861. The molecule has 0 aliphatic carbocycles. The second-order valence-electron chi connectivity index (χ2n) is 7.09. The van der Waals surface area contributed by atoms with Crippen molar-refractivity contribution in [1.29, 1.82) is 0 Å². The monoisotopic (exact) mass is 435 g/mol. The van der Waals surface area contributed by atoms with Gasteiger partial charge in [-0.3, -0.25) is 0 Å². The Kier molecular flexibility index (Phi) is 5.87. The topological polar surface area (TPSA) is 62.3 Å². The van der Waals surface area contributed by atoms with Crippen molar-refractivity contribution in [2.45, 2.75) is 18.6 Å². The highest BCUT2D eigenvalue weighted by Crippen LogP contribution is 2.31. The number of aromatic nitrogens is 1. The third-order valence-electron chi connectivity index (χ3n) is 5.06. The van der Waals surface area contributed by atoms with Gasteiger partial charge in [-0.2, -0.15) is 0 Å². The maximum Gasteiger partial charge on any atom is 0.215 e. The van der Waals surface area contributed by atoms with Crippen molar-refractivity contribution >= 4 is 48.3 Å². The third kappa shape index (κ3) is 4.66. The van der Waals surface area contributed by atoms with Crippen LogP contribution in [0.25, 0.3) is 10.2 Å². The average molecular weight is 436 g/mol. The summed E-state index contributed by atoms with van der Waals surface area (Å²) < 4.78 is 28.7. The molecule has 0 unspecified atom stereocenters. The molecule has 0 spiro atoms. The predicted octanol–water partition coefficient (Wildman–Crippen LogP) is 4.29. The number of anilines is 1. The SMILES string of the molecule is O=S(=O)(Cc1ccccc1Cl)NCC1CCN(c2nc3ccccc3s2)CC1. The summed E-state index contributed by atoms with van der Waals surface area (Å²) in [6, 6.07) is 15.2. The Bertz CT molecular complexity index is 1030. The number of sulfonamides is 1. The smallest absolute Gasteiger partial charge is 0.215 e. The van der Waals surface area contributed by atoms with Crippen LogP contribution >= 0.6 is 22.9 Å². The minimum atomic E-state index is -3.40. The first-order valence-corrected chi connectivity index (χ1v) is 12.2. The van der Waals surface area contributed by atoms with E-state index in [1.54, 1.807) is 35.6 Å². The fourth-order valence-corrected chi connectivity index (χ4v) is 5.99. The van der Waals surface area contributed by atoms with E-state index in [1.165, 1.54) is 4.70 Å². The van der Waals surface area contributed by atoms with Crippen LogP contribution < -0.4 is 9.62 Å². The highest BCUT2D eigenvalue weighted by molar-refractivity contribution is 7.88. The van der Waals surface area contributed by atoms with Crippen LogP contribution in [0.1, 0.15) is 18.4 Å². The van der Waals surface area contributed by atoms with Gasteiger partial charge in [-0.25, -0.2) is 18.1 Å². The van der Waals surface area contributed by atoms with Gasteiger partial charge in [0.25, 0.3) is 0 Å². The van der Waals surface area contributed by atoms with Gasteiger partial charge < -0.3 is 4.90 Å². The number of hydrogen-bond donors (Lipinski definition) is 1. The number of hydrogen-bond acceptors (Lipinski definition) is 5. The number of thiazole rings is 1. The molecule has 2 aromatic carbocycles. The second kappa shape index (κ2) is 8.37. The van der Waals surface area contributed by atoms with Crippen molar-refractivity contribution in [3.8, 4) is 0 Å². The first-order valence-electron chi connectivity index (χ1n) is 9.31. The molecule has 1 aliphatic heterocycles. The zero-order valence-corrected chi connectivity index (χ0v) is 17.7. The summed E-state index contributed by atoms with van der Waals surface area (Å²) in [5.74, 6) is 0.253. The largest absolute Gasteiger partial charge is 0.348 e. The molecular formula is C20H22ClN3O2S2. The molecule has 0 amide bonds. The van der Waals surface area contributed by atoms with E-state index in [-0.39, 0.29) is 5.75 Å².